The summed E-state index contributed by atoms with van der Waals surface area (Å²) in [7, 11) is 10.4. The second kappa shape index (κ2) is 3.32. The van der Waals surface area contributed by atoms with Crippen molar-refractivity contribution in [1.82, 2.24) is 4.90 Å². The zero-order valence-electron chi connectivity index (χ0n) is 7.76. The smallest absolute Gasteiger partial charge is 0.107 e. The highest BCUT2D eigenvalue weighted by molar-refractivity contribution is 4.53. The minimum Gasteiger partial charge on any atom is -0.329 e. The summed E-state index contributed by atoms with van der Waals surface area (Å²) in [5, 5.41) is 0. The molecule has 0 aromatic carbocycles. The van der Waals surface area contributed by atoms with Gasteiger partial charge in [0.05, 0.1) is 21.1 Å². The van der Waals surface area contributed by atoms with E-state index >= 15 is 0 Å². The average molecular weight is 146 g/mol. The van der Waals surface area contributed by atoms with Crippen molar-refractivity contribution in [3.8, 4) is 0 Å². The van der Waals surface area contributed by atoms with Crippen LogP contribution in [0.25, 0.3) is 0 Å². The van der Waals surface area contributed by atoms with Gasteiger partial charge in [-0.1, -0.05) is 0 Å². The lowest BCUT2D eigenvalue weighted by Gasteiger charge is -2.30. The Kier molecular flexibility index (Phi) is 3.28. The van der Waals surface area contributed by atoms with Crippen LogP contribution in [0.2, 0.25) is 0 Å². The first-order valence-electron chi connectivity index (χ1n) is 3.55. The fourth-order valence-electron chi connectivity index (χ4n) is 0.724. The summed E-state index contributed by atoms with van der Waals surface area (Å²) >= 11 is 0. The molecule has 3 nitrogen and oxygen atoms in total. The molecule has 0 saturated carbocycles. The first-order chi connectivity index (χ1) is 4.33. The molecule has 0 aromatic heterocycles. The molecule has 1 unspecified atom stereocenters. The third-order valence-corrected chi connectivity index (χ3v) is 1.40. The Bertz CT molecular complexity index is 93.5. The van der Waals surface area contributed by atoms with Crippen LogP contribution in [-0.4, -0.2) is 57.3 Å². The third-order valence-electron chi connectivity index (χ3n) is 1.40. The van der Waals surface area contributed by atoms with Crippen LogP contribution >= 0.6 is 0 Å². The van der Waals surface area contributed by atoms with Gasteiger partial charge in [0.25, 0.3) is 0 Å². The van der Waals surface area contributed by atoms with E-state index < -0.39 is 0 Å². The van der Waals surface area contributed by atoms with Gasteiger partial charge < -0.3 is 10.2 Å². The van der Waals surface area contributed by atoms with E-state index in [0.29, 0.717) is 0 Å². The predicted octanol–water partition coefficient (Wildman–Crippen LogP) is -0.461. The van der Waals surface area contributed by atoms with E-state index in [-0.39, 0.29) is 6.17 Å². The topological polar surface area (TPSA) is 29.3 Å². The molecule has 3 heteroatoms. The van der Waals surface area contributed by atoms with Crippen molar-refractivity contribution in [2.24, 2.45) is 5.73 Å². The molecule has 0 rings (SSSR count). The maximum absolute atomic E-state index is 5.81. The first-order valence-corrected chi connectivity index (χ1v) is 3.55. The van der Waals surface area contributed by atoms with Crippen molar-refractivity contribution in [2.45, 2.75) is 6.17 Å². The van der Waals surface area contributed by atoms with Crippen molar-refractivity contribution < 1.29 is 4.48 Å². The van der Waals surface area contributed by atoms with Gasteiger partial charge in [0.2, 0.25) is 0 Å². The molecule has 0 radical (unpaired) electrons. The number of nitrogens with two attached hydrogens (primary N) is 1. The Balaban J connectivity index is 3.68. The van der Waals surface area contributed by atoms with Gasteiger partial charge in [-0.3, -0.25) is 4.90 Å². The number of rotatable bonds is 3. The summed E-state index contributed by atoms with van der Waals surface area (Å²) in [6, 6.07) is 0. The first kappa shape index (κ1) is 9.88. The normalized spacial score (nSPS) is 15.9. The Morgan fingerprint density at radius 1 is 1.30 bits per heavy atom. The van der Waals surface area contributed by atoms with Crippen LogP contribution in [0.3, 0.4) is 0 Å². The summed E-state index contributed by atoms with van der Waals surface area (Å²) in [5.41, 5.74) is 5.81. The number of likely N-dealkylation sites (N-methyl/N-ethyl adjacent to an activating group) is 2. The minimum absolute atomic E-state index is 0.167. The summed E-state index contributed by atoms with van der Waals surface area (Å²) in [4.78, 5) is 2.03. The number of nitrogens with zero attached hydrogens (tertiary/aromatic N) is 2. The quantitative estimate of drug-likeness (QED) is 0.431. The van der Waals surface area contributed by atoms with Crippen LogP contribution < -0.4 is 5.73 Å². The van der Waals surface area contributed by atoms with Gasteiger partial charge >= 0.3 is 0 Å². The van der Waals surface area contributed by atoms with E-state index in [9.17, 15) is 0 Å². The summed E-state index contributed by atoms with van der Waals surface area (Å²) in [6.45, 7) is 0.979. The minimum atomic E-state index is 0.167. The van der Waals surface area contributed by atoms with Crippen molar-refractivity contribution in [3.63, 3.8) is 0 Å². The highest BCUT2D eigenvalue weighted by Gasteiger charge is 2.14. The highest BCUT2D eigenvalue weighted by Crippen LogP contribution is 1.93. The predicted molar refractivity (Wildman–Crippen MR) is 44.6 cm³/mol. The SMILES string of the molecule is CN(C)C(N)C[N+](C)(C)C. The van der Waals surface area contributed by atoms with Gasteiger partial charge in [-0.15, -0.1) is 0 Å². The van der Waals surface area contributed by atoms with Gasteiger partial charge in [-0.05, 0) is 14.1 Å². The molecular weight excluding hydrogens is 126 g/mol. The van der Waals surface area contributed by atoms with Gasteiger partial charge in [-0.25, -0.2) is 0 Å². The Morgan fingerprint density at radius 3 is 1.80 bits per heavy atom. The van der Waals surface area contributed by atoms with E-state index in [1.54, 1.807) is 0 Å². The lowest BCUT2D eigenvalue weighted by Crippen LogP contribution is -2.51. The Morgan fingerprint density at radius 2 is 1.70 bits per heavy atom. The molecule has 62 valence electrons. The van der Waals surface area contributed by atoms with Crippen LogP contribution in [0.15, 0.2) is 0 Å². The zero-order chi connectivity index (χ0) is 8.36. The molecule has 0 aliphatic rings. The average Bonchev–Trinajstić information content (AvgIpc) is 1.60. The summed E-state index contributed by atoms with van der Waals surface area (Å²) in [5.74, 6) is 0. The zero-order valence-corrected chi connectivity index (χ0v) is 7.76. The summed E-state index contributed by atoms with van der Waals surface area (Å²) in [6.07, 6.45) is 0.167. The second-order valence-electron chi connectivity index (χ2n) is 4.00. The van der Waals surface area contributed by atoms with E-state index in [1.807, 2.05) is 19.0 Å². The van der Waals surface area contributed by atoms with E-state index in [4.69, 9.17) is 5.73 Å². The lowest BCUT2D eigenvalue weighted by molar-refractivity contribution is -0.872. The molecule has 0 amide bonds. The molecule has 0 bridgehead atoms. The molecule has 0 aliphatic carbocycles. The molecule has 2 N–H and O–H groups in total. The molecule has 10 heavy (non-hydrogen) atoms. The standard InChI is InChI=1S/C7H20N3/c1-9(2)7(8)6-10(3,4)5/h7H,6,8H2,1-5H3/q+1. The van der Waals surface area contributed by atoms with Crippen LogP contribution in [-0.2, 0) is 0 Å². The van der Waals surface area contributed by atoms with Gasteiger partial charge in [0.1, 0.15) is 12.7 Å². The number of hydrogen-bond acceptors (Lipinski definition) is 2. The van der Waals surface area contributed by atoms with Crippen LogP contribution in [0.4, 0.5) is 0 Å². The molecule has 0 aliphatic heterocycles. The van der Waals surface area contributed by atoms with Crippen molar-refractivity contribution in [1.29, 1.82) is 0 Å². The van der Waals surface area contributed by atoms with E-state index in [2.05, 4.69) is 21.1 Å². The van der Waals surface area contributed by atoms with E-state index in [1.165, 1.54) is 0 Å². The molecule has 0 heterocycles. The fourth-order valence-corrected chi connectivity index (χ4v) is 0.724. The molecule has 0 fully saturated rings. The molecule has 0 aromatic rings. The van der Waals surface area contributed by atoms with Crippen molar-refractivity contribution >= 4 is 0 Å². The Labute approximate surface area is 64.0 Å². The Hall–Kier alpha value is -0.120. The molecular formula is C7H20N3+. The van der Waals surface area contributed by atoms with Gasteiger partial charge in [0.15, 0.2) is 0 Å². The van der Waals surface area contributed by atoms with Crippen LogP contribution in [0.5, 0.6) is 0 Å². The lowest BCUT2D eigenvalue weighted by atomic mass is 10.4. The van der Waals surface area contributed by atoms with Crippen LogP contribution in [0, 0.1) is 0 Å². The molecule has 0 spiro atoms. The monoisotopic (exact) mass is 146 g/mol. The third kappa shape index (κ3) is 4.73. The largest absolute Gasteiger partial charge is 0.329 e. The van der Waals surface area contributed by atoms with E-state index in [0.717, 1.165) is 11.0 Å². The van der Waals surface area contributed by atoms with Crippen molar-refractivity contribution in [2.75, 3.05) is 41.8 Å². The second-order valence-corrected chi connectivity index (χ2v) is 4.00. The number of hydrogen-bond donors (Lipinski definition) is 1. The summed E-state index contributed by atoms with van der Waals surface area (Å²) < 4.78 is 0.916. The number of quaternary nitrogens is 1. The molecule has 1 atom stereocenters. The van der Waals surface area contributed by atoms with Crippen molar-refractivity contribution in [3.05, 3.63) is 0 Å². The molecule has 0 saturated heterocycles. The maximum Gasteiger partial charge on any atom is 0.107 e. The highest BCUT2D eigenvalue weighted by atomic mass is 15.3. The van der Waals surface area contributed by atoms with Gasteiger partial charge in [-0.2, -0.15) is 0 Å². The van der Waals surface area contributed by atoms with Crippen LogP contribution in [0.1, 0.15) is 0 Å². The fraction of sp³-hybridized carbons (Fsp3) is 1.00. The van der Waals surface area contributed by atoms with Gasteiger partial charge in [0, 0.05) is 0 Å². The maximum atomic E-state index is 5.81.